The van der Waals surface area contributed by atoms with Gasteiger partial charge in [-0.2, -0.15) is 0 Å². The summed E-state index contributed by atoms with van der Waals surface area (Å²) in [6.45, 7) is 19.7. The van der Waals surface area contributed by atoms with Crippen LogP contribution >= 0.6 is 0 Å². The third-order valence-corrected chi connectivity index (χ3v) is 17.9. The SMILES string of the molecule is CCCCCCCCOc1cnc(-c2ccc(OCCCCCCCCCCC[Si](C)(C)O[Si](C)(C)O[Si](C)(C)C)cc2)nc1. The number of benzene rings is 1. The lowest BCUT2D eigenvalue weighted by molar-refractivity contribution is 0.302. The van der Waals surface area contributed by atoms with Crippen molar-refractivity contribution >= 4 is 25.2 Å². The quantitative estimate of drug-likeness (QED) is 0.0731. The normalized spacial score (nSPS) is 12.4. The monoisotopic (exact) mass is 674 g/mol. The standard InChI is InChI=1S/C36H66N2O4Si3/c1-9-10-11-12-18-22-29-40-35-31-37-36(38-32-35)33-24-26-34(27-25-33)39-28-21-19-16-14-13-15-17-20-23-30-44(5,6)42-45(7,8)41-43(2,3)4/h24-27,31-32H,9-23,28-30H2,1-8H3. The van der Waals surface area contributed by atoms with Gasteiger partial charge in [0.05, 0.1) is 25.6 Å². The minimum Gasteiger partial charge on any atom is -0.494 e. The van der Waals surface area contributed by atoms with E-state index >= 15 is 0 Å². The molecule has 0 fully saturated rings. The van der Waals surface area contributed by atoms with Crippen molar-refractivity contribution in [3.63, 3.8) is 0 Å². The summed E-state index contributed by atoms with van der Waals surface area (Å²) in [5.74, 6) is 2.36. The first kappa shape index (κ1) is 39.6. The molecule has 1 aromatic carbocycles. The van der Waals surface area contributed by atoms with Crippen molar-refractivity contribution in [1.29, 1.82) is 0 Å². The highest BCUT2D eigenvalue weighted by atomic mass is 28.5. The van der Waals surface area contributed by atoms with Crippen molar-refractivity contribution < 1.29 is 17.7 Å². The van der Waals surface area contributed by atoms with Gasteiger partial charge < -0.3 is 17.7 Å². The zero-order chi connectivity index (χ0) is 33.0. The van der Waals surface area contributed by atoms with Crippen LogP contribution in [0.4, 0.5) is 0 Å². The maximum Gasteiger partial charge on any atom is 0.311 e. The summed E-state index contributed by atoms with van der Waals surface area (Å²) < 4.78 is 24.8. The largest absolute Gasteiger partial charge is 0.494 e. The summed E-state index contributed by atoms with van der Waals surface area (Å²) in [6, 6.07) is 9.34. The predicted molar refractivity (Wildman–Crippen MR) is 199 cm³/mol. The molecular weight excluding hydrogens is 609 g/mol. The molecule has 2 aromatic rings. The summed E-state index contributed by atoms with van der Waals surface area (Å²) in [4.78, 5) is 9.00. The van der Waals surface area contributed by atoms with Crippen LogP contribution in [-0.2, 0) is 8.23 Å². The highest BCUT2D eigenvalue weighted by molar-refractivity contribution is 6.87. The molecular formula is C36H66N2O4Si3. The molecule has 0 atom stereocenters. The van der Waals surface area contributed by atoms with Crippen molar-refractivity contribution in [2.24, 2.45) is 0 Å². The maximum atomic E-state index is 6.64. The van der Waals surface area contributed by atoms with Gasteiger partial charge in [-0.1, -0.05) is 90.4 Å². The maximum absolute atomic E-state index is 6.64. The summed E-state index contributed by atoms with van der Waals surface area (Å²) in [6.07, 6.45) is 22.7. The number of nitrogens with zero attached hydrogens (tertiary/aromatic N) is 2. The molecule has 2 rings (SSSR count). The fourth-order valence-corrected chi connectivity index (χ4v) is 19.1. The minimum atomic E-state index is -2.01. The molecule has 0 saturated carbocycles. The van der Waals surface area contributed by atoms with Gasteiger partial charge in [0.15, 0.2) is 28.2 Å². The van der Waals surface area contributed by atoms with Crippen LogP contribution in [0.1, 0.15) is 103 Å². The van der Waals surface area contributed by atoms with Crippen LogP contribution in [0, 0.1) is 0 Å². The lowest BCUT2D eigenvalue weighted by Gasteiger charge is -2.37. The Bertz CT molecular complexity index is 1030. The second-order valence-corrected chi connectivity index (χ2v) is 27.3. The molecule has 6 nitrogen and oxygen atoms in total. The molecule has 0 aliphatic carbocycles. The van der Waals surface area contributed by atoms with Crippen molar-refractivity contribution in [2.45, 2.75) is 155 Å². The van der Waals surface area contributed by atoms with E-state index in [0.29, 0.717) is 5.82 Å². The second-order valence-electron chi connectivity index (χ2n) is 14.6. The number of aromatic nitrogens is 2. The van der Waals surface area contributed by atoms with E-state index in [-0.39, 0.29) is 0 Å². The average Bonchev–Trinajstić information content (AvgIpc) is 2.96. The van der Waals surface area contributed by atoms with Crippen LogP contribution in [0.25, 0.3) is 11.4 Å². The Morgan fingerprint density at radius 3 is 1.51 bits per heavy atom. The van der Waals surface area contributed by atoms with Gasteiger partial charge in [-0.05, 0) is 89.0 Å². The first-order valence-electron chi connectivity index (χ1n) is 18.0. The zero-order valence-corrected chi connectivity index (χ0v) is 33.2. The fourth-order valence-electron chi connectivity index (χ4n) is 5.87. The Balaban J connectivity index is 1.48. The van der Waals surface area contributed by atoms with E-state index in [1.807, 2.05) is 24.3 Å². The van der Waals surface area contributed by atoms with Gasteiger partial charge in [-0.25, -0.2) is 9.97 Å². The minimum absolute atomic E-state index is 0.710. The number of rotatable bonds is 26. The molecule has 0 unspecified atom stereocenters. The van der Waals surface area contributed by atoms with Gasteiger partial charge in [-0.15, -0.1) is 0 Å². The molecule has 0 amide bonds. The molecule has 0 N–H and O–H groups in total. The molecule has 0 bridgehead atoms. The van der Waals surface area contributed by atoms with Gasteiger partial charge in [0, 0.05) is 5.56 Å². The zero-order valence-electron chi connectivity index (χ0n) is 30.2. The van der Waals surface area contributed by atoms with Crippen LogP contribution in [0.5, 0.6) is 11.5 Å². The number of hydrogen-bond acceptors (Lipinski definition) is 6. The first-order valence-corrected chi connectivity index (χ1v) is 27.3. The van der Waals surface area contributed by atoms with Gasteiger partial charge >= 0.3 is 8.56 Å². The topological polar surface area (TPSA) is 62.7 Å². The van der Waals surface area contributed by atoms with Crippen molar-refractivity contribution in [3.8, 4) is 22.9 Å². The molecule has 9 heteroatoms. The Morgan fingerprint density at radius 1 is 0.533 bits per heavy atom. The van der Waals surface area contributed by atoms with E-state index in [2.05, 4.69) is 62.7 Å². The number of ether oxygens (including phenoxy) is 2. The van der Waals surface area contributed by atoms with Crippen LogP contribution in [0.3, 0.4) is 0 Å². The Morgan fingerprint density at radius 2 is 1.00 bits per heavy atom. The Hall–Kier alpha value is -1.53. The van der Waals surface area contributed by atoms with Crippen molar-refractivity contribution in [1.82, 2.24) is 9.97 Å². The smallest absolute Gasteiger partial charge is 0.311 e. The van der Waals surface area contributed by atoms with Gasteiger partial charge in [0.1, 0.15) is 5.75 Å². The lowest BCUT2D eigenvalue weighted by atomic mass is 10.1. The molecule has 0 aliphatic rings. The second kappa shape index (κ2) is 21.4. The van der Waals surface area contributed by atoms with Crippen LogP contribution in [0.15, 0.2) is 36.7 Å². The summed E-state index contributed by atoms with van der Waals surface area (Å²) in [5.41, 5.74) is 0.988. The molecule has 45 heavy (non-hydrogen) atoms. The van der Waals surface area contributed by atoms with Crippen LogP contribution in [0.2, 0.25) is 51.9 Å². The Labute approximate surface area is 280 Å². The number of unbranched alkanes of at least 4 members (excludes halogenated alkanes) is 13. The van der Waals surface area contributed by atoms with E-state index in [1.165, 1.54) is 89.5 Å². The van der Waals surface area contributed by atoms with Crippen molar-refractivity contribution in [2.75, 3.05) is 13.2 Å². The predicted octanol–water partition coefficient (Wildman–Crippen LogP) is 11.5. The Kier molecular flexibility index (Phi) is 18.8. The van der Waals surface area contributed by atoms with E-state index < -0.39 is 25.2 Å². The first-order chi connectivity index (χ1) is 21.4. The summed E-state index contributed by atoms with van der Waals surface area (Å²) in [7, 11) is -5.21. The van der Waals surface area contributed by atoms with E-state index in [9.17, 15) is 0 Å². The molecule has 0 radical (unpaired) electrons. The van der Waals surface area contributed by atoms with Crippen LogP contribution in [-0.4, -0.2) is 48.4 Å². The molecule has 256 valence electrons. The third kappa shape index (κ3) is 19.7. The summed E-state index contributed by atoms with van der Waals surface area (Å²) in [5, 5.41) is 0. The highest BCUT2D eigenvalue weighted by Crippen LogP contribution is 2.25. The van der Waals surface area contributed by atoms with E-state index in [0.717, 1.165) is 43.1 Å². The van der Waals surface area contributed by atoms with Gasteiger partial charge in [-0.3, -0.25) is 0 Å². The molecule has 0 saturated heterocycles. The van der Waals surface area contributed by atoms with E-state index in [1.54, 1.807) is 12.4 Å². The van der Waals surface area contributed by atoms with Crippen LogP contribution < -0.4 is 9.47 Å². The molecule has 1 aromatic heterocycles. The number of hydrogen-bond donors (Lipinski definition) is 0. The van der Waals surface area contributed by atoms with Gasteiger partial charge in [0.2, 0.25) is 0 Å². The lowest BCUT2D eigenvalue weighted by Crippen LogP contribution is -2.51. The van der Waals surface area contributed by atoms with Gasteiger partial charge in [0.25, 0.3) is 0 Å². The molecule has 0 aliphatic heterocycles. The molecule has 1 heterocycles. The van der Waals surface area contributed by atoms with E-state index in [4.69, 9.17) is 17.7 Å². The van der Waals surface area contributed by atoms with Crippen molar-refractivity contribution in [3.05, 3.63) is 36.7 Å². The third-order valence-electron chi connectivity index (χ3n) is 7.77. The summed E-state index contributed by atoms with van der Waals surface area (Å²) >= 11 is 0. The fraction of sp³-hybridized carbons (Fsp3) is 0.722. The highest BCUT2D eigenvalue weighted by Gasteiger charge is 2.37. The average molecular weight is 675 g/mol. The molecule has 0 spiro atoms.